The van der Waals surface area contributed by atoms with Gasteiger partial charge >= 0.3 is 0 Å². The second-order valence-electron chi connectivity index (χ2n) is 10.3. The fourth-order valence-electron chi connectivity index (χ4n) is 7.21. The third kappa shape index (κ3) is 2.67. The number of hydrogen-bond acceptors (Lipinski definition) is 3. The van der Waals surface area contributed by atoms with Gasteiger partial charge in [0.05, 0.1) is 6.20 Å². The van der Waals surface area contributed by atoms with E-state index in [-0.39, 0.29) is 5.54 Å². The van der Waals surface area contributed by atoms with Crippen molar-refractivity contribution >= 4 is 11.1 Å². The minimum absolute atomic E-state index is 0.140. The van der Waals surface area contributed by atoms with Crippen LogP contribution in [0.25, 0.3) is 34.1 Å². The van der Waals surface area contributed by atoms with E-state index in [4.69, 9.17) is 14.4 Å². The van der Waals surface area contributed by atoms with E-state index in [1.54, 1.807) is 0 Å². The molecule has 4 heteroatoms. The number of hydrogen-bond donors (Lipinski definition) is 0. The van der Waals surface area contributed by atoms with Crippen molar-refractivity contribution in [3.63, 3.8) is 0 Å². The molecule has 4 aliphatic rings. The molecule has 4 nitrogen and oxygen atoms in total. The number of aryl methyl sites for hydroxylation is 1. The minimum atomic E-state index is 0.140. The molecule has 31 heavy (non-hydrogen) atoms. The average Bonchev–Trinajstić information content (AvgIpc) is 3.38. The zero-order valence-corrected chi connectivity index (χ0v) is 17.9. The van der Waals surface area contributed by atoms with Crippen LogP contribution in [0.2, 0.25) is 0 Å². The van der Waals surface area contributed by atoms with Crippen LogP contribution in [0.4, 0.5) is 0 Å². The number of nitrogens with zero attached hydrogens (tertiary/aromatic N) is 3. The molecule has 2 aromatic heterocycles. The maximum absolute atomic E-state index is 6.25. The van der Waals surface area contributed by atoms with E-state index in [0.29, 0.717) is 5.89 Å². The molecule has 8 rings (SSSR count). The topological polar surface area (TPSA) is 43.9 Å². The fourth-order valence-corrected chi connectivity index (χ4v) is 7.21. The van der Waals surface area contributed by atoms with Crippen LogP contribution >= 0.6 is 0 Å². The molecule has 4 aliphatic carbocycles. The first-order valence-corrected chi connectivity index (χ1v) is 11.7. The van der Waals surface area contributed by atoms with Crippen molar-refractivity contribution in [3.05, 3.63) is 60.3 Å². The molecule has 0 aliphatic heterocycles. The lowest BCUT2D eigenvalue weighted by Gasteiger charge is -2.57. The molecule has 0 radical (unpaired) electrons. The van der Waals surface area contributed by atoms with Gasteiger partial charge in [-0.2, -0.15) is 0 Å². The van der Waals surface area contributed by atoms with Crippen LogP contribution in [-0.2, 0) is 5.54 Å². The Kier molecular flexibility index (Phi) is 3.62. The molecule has 0 amide bonds. The Morgan fingerprint density at radius 1 is 0.903 bits per heavy atom. The highest BCUT2D eigenvalue weighted by Gasteiger charge is 2.53. The lowest BCUT2D eigenvalue weighted by Crippen LogP contribution is -2.52. The van der Waals surface area contributed by atoms with E-state index in [1.165, 1.54) is 49.7 Å². The quantitative estimate of drug-likeness (QED) is 0.383. The molecule has 0 N–H and O–H groups in total. The Morgan fingerprint density at radius 2 is 1.58 bits per heavy atom. The largest absolute Gasteiger partial charge is 0.435 e. The summed E-state index contributed by atoms with van der Waals surface area (Å²) in [5, 5.41) is 0. The van der Waals surface area contributed by atoms with Gasteiger partial charge in [-0.15, -0.1) is 0 Å². The summed E-state index contributed by atoms with van der Waals surface area (Å²) in [6.45, 7) is 2.14. The van der Waals surface area contributed by atoms with Gasteiger partial charge in [-0.1, -0.05) is 42.0 Å². The summed E-state index contributed by atoms with van der Waals surface area (Å²) in [4.78, 5) is 9.85. The summed E-state index contributed by atoms with van der Waals surface area (Å²) in [5.74, 6) is 4.34. The van der Waals surface area contributed by atoms with Crippen molar-refractivity contribution in [3.8, 4) is 23.0 Å². The molecule has 156 valence electrons. The van der Waals surface area contributed by atoms with Crippen LogP contribution in [0.3, 0.4) is 0 Å². The molecule has 4 bridgehead atoms. The standard InChI is InChI=1S/C27H27N3O/c1-17-6-8-21(9-7-17)25-28-16-23(26-29-22-4-2-3-5-24(22)31-26)30(25)27-13-18-10-19(14-27)12-20(11-18)15-27/h2-9,16,18-20H,10-15H2,1H3. The summed E-state index contributed by atoms with van der Waals surface area (Å²) < 4.78 is 8.80. The Morgan fingerprint density at radius 3 is 2.26 bits per heavy atom. The van der Waals surface area contributed by atoms with Crippen LogP contribution in [-0.4, -0.2) is 14.5 Å². The number of aromatic nitrogens is 3. The lowest BCUT2D eigenvalue weighted by atomic mass is 9.53. The maximum atomic E-state index is 6.25. The Labute approximate surface area is 182 Å². The monoisotopic (exact) mass is 409 g/mol. The third-order valence-corrected chi connectivity index (χ3v) is 8.06. The first kappa shape index (κ1) is 17.8. The number of fused-ring (bicyclic) bond motifs is 1. The van der Waals surface area contributed by atoms with E-state index in [0.717, 1.165) is 40.4 Å². The second-order valence-corrected chi connectivity index (χ2v) is 10.3. The highest BCUT2D eigenvalue weighted by molar-refractivity contribution is 5.76. The summed E-state index contributed by atoms with van der Waals surface area (Å²) in [6.07, 6.45) is 10.1. The van der Waals surface area contributed by atoms with Gasteiger partial charge in [0.1, 0.15) is 17.0 Å². The predicted octanol–water partition coefficient (Wildman–Crippen LogP) is 6.59. The summed E-state index contributed by atoms with van der Waals surface area (Å²) >= 11 is 0. The van der Waals surface area contributed by atoms with Gasteiger partial charge in [-0.3, -0.25) is 0 Å². The number of rotatable bonds is 3. The van der Waals surface area contributed by atoms with E-state index in [1.807, 2.05) is 30.5 Å². The zero-order chi connectivity index (χ0) is 20.6. The average molecular weight is 410 g/mol. The molecule has 4 aromatic rings. The van der Waals surface area contributed by atoms with Gasteiger partial charge in [0, 0.05) is 11.1 Å². The van der Waals surface area contributed by atoms with Gasteiger partial charge in [0.25, 0.3) is 0 Å². The van der Waals surface area contributed by atoms with E-state index >= 15 is 0 Å². The number of oxazole rings is 1. The van der Waals surface area contributed by atoms with Crippen molar-refractivity contribution in [1.82, 2.24) is 14.5 Å². The van der Waals surface area contributed by atoms with E-state index < -0.39 is 0 Å². The Hall–Kier alpha value is -2.88. The predicted molar refractivity (Wildman–Crippen MR) is 122 cm³/mol. The van der Waals surface area contributed by atoms with Gasteiger partial charge in [-0.05, 0) is 75.3 Å². The third-order valence-electron chi connectivity index (χ3n) is 8.06. The molecule has 4 fully saturated rings. The molecule has 2 aromatic carbocycles. The van der Waals surface area contributed by atoms with Crippen LogP contribution in [0.1, 0.15) is 44.1 Å². The van der Waals surface area contributed by atoms with Crippen LogP contribution in [0.5, 0.6) is 0 Å². The van der Waals surface area contributed by atoms with Gasteiger partial charge in [-0.25, -0.2) is 9.97 Å². The molecule has 2 heterocycles. The highest BCUT2D eigenvalue weighted by Crippen LogP contribution is 2.60. The number of para-hydroxylation sites is 2. The highest BCUT2D eigenvalue weighted by atomic mass is 16.3. The Balaban J connectivity index is 1.45. The van der Waals surface area contributed by atoms with Gasteiger partial charge in [0.15, 0.2) is 5.58 Å². The molecular weight excluding hydrogens is 382 g/mol. The van der Waals surface area contributed by atoms with Crippen molar-refractivity contribution < 1.29 is 4.42 Å². The van der Waals surface area contributed by atoms with Crippen molar-refractivity contribution in [2.75, 3.05) is 0 Å². The molecule has 0 atom stereocenters. The van der Waals surface area contributed by atoms with Crippen molar-refractivity contribution in [2.24, 2.45) is 17.8 Å². The van der Waals surface area contributed by atoms with Crippen molar-refractivity contribution in [2.45, 2.75) is 51.0 Å². The molecule has 0 spiro atoms. The van der Waals surface area contributed by atoms with E-state index in [2.05, 4.69) is 35.8 Å². The first-order valence-electron chi connectivity index (χ1n) is 11.7. The van der Waals surface area contributed by atoms with Gasteiger partial charge < -0.3 is 8.98 Å². The van der Waals surface area contributed by atoms with Crippen molar-refractivity contribution in [1.29, 1.82) is 0 Å². The fraction of sp³-hybridized carbons (Fsp3) is 0.407. The molecule has 0 unspecified atom stereocenters. The first-order chi connectivity index (χ1) is 15.2. The van der Waals surface area contributed by atoms with Crippen LogP contribution in [0.15, 0.2) is 59.1 Å². The Bertz CT molecular complexity index is 1210. The van der Waals surface area contributed by atoms with Crippen LogP contribution < -0.4 is 0 Å². The molecule has 4 saturated carbocycles. The lowest BCUT2D eigenvalue weighted by molar-refractivity contribution is -0.0415. The molecule has 0 saturated heterocycles. The smallest absolute Gasteiger partial charge is 0.245 e. The minimum Gasteiger partial charge on any atom is -0.435 e. The number of benzene rings is 2. The summed E-state index contributed by atoms with van der Waals surface area (Å²) in [6, 6.07) is 16.8. The van der Waals surface area contributed by atoms with Crippen LogP contribution in [0, 0.1) is 24.7 Å². The maximum Gasteiger partial charge on any atom is 0.245 e. The molecular formula is C27H27N3O. The number of imidazole rings is 1. The zero-order valence-electron chi connectivity index (χ0n) is 17.9. The van der Waals surface area contributed by atoms with E-state index in [9.17, 15) is 0 Å². The summed E-state index contributed by atoms with van der Waals surface area (Å²) in [7, 11) is 0. The SMILES string of the molecule is Cc1ccc(-c2ncc(-c3nc4ccccc4o3)n2C23CC4CC(CC(C4)C2)C3)cc1. The normalized spacial score (nSPS) is 29.1. The summed E-state index contributed by atoms with van der Waals surface area (Å²) in [5.41, 5.74) is 5.38. The van der Waals surface area contributed by atoms with Gasteiger partial charge in [0.2, 0.25) is 5.89 Å². The second kappa shape index (κ2) is 6.32.